The van der Waals surface area contributed by atoms with Gasteiger partial charge < -0.3 is 10.2 Å². The molecule has 0 unspecified atom stereocenters. The van der Waals surface area contributed by atoms with E-state index in [1.165, 1.54) is 17.0 Å². The highest BCUT2D eigenvalue weighted by atomic mass is 35.5. The topological polar surface area (TPSA) is 86.8 Å². The van der Waals surface area contributed by atoms with E-state index < -0.39 is 28.5 Å². The maximum absolute atomic E-state index is 14.3. The van der Waals surface area contributed by atoms with Crippen molar-refractivity contribution >= 4 is 50.7 Å². The Bertz CT molecular complexity index is 1480. The van der Waals surface area contributed by atoms with Gasteiger partial charge >= 0.3 is 0 Å². The van der Waals surface area contributed by atoms with Gasteiger partial charge in [-0.15, -0.1) is 0 Å². The van der Waals surface area contributed by atoms with Gasteiger partial charge in [0.1, 0.15) is 12.6 Å². The molecular weight excluding hydrogens is 593 g/mol. The Hall–Kier alpha value is -3.07. The van der Waals surface area contributed by atoms with Crippen LogP contribution in [-0.4, -0.2) is 44.3 Å². The first-order chi connectivity index (χ1) is 19.7. The molecule has 0 aliphatic carbocycles. The average molecular weight is 633 g/mol. The third kappa shape index (κ3) is 8.27. The van der Waals surface area contributed by atoms with Crippen LogP contribution >= 0.6 is 23.2 Å². The van der Waals surface area contributed by atoms with Gasteiger partial charge in [-0.2, -0.15) is 0 Å². The van der Waals surface area contributed by atoms with Crippen molar-refractivity contribution in [1.29, 1.82) is 0 Å². The number of aryl methyl sites for hydroxylation is 3. The van der Waals surface area contributed by atoms with Crippen LogP contribution in [0.25, 0.3) is 0 Å². The Kier molecular flexibility index (Phi) is 11.5. The first-order valence-corrected chi connectivity index (χ1v) is 16.1. The second-order valence-electron chi connectivity index (χ2n) is 11.0. The van der Waals surface area contributed by atoms with Crippen molar-refractivity contribution in [3.63, 3.8) is 0 Å². The number of rotatable bonds is 12. The highest BCUT2D eigenvalue weighted by molar-refractivity contribution is 7.92. The summed E-state index contributed by atoms with van der Waals surface area (Å²) >= 11 is 13.0. The van der Waals surface area contributed by atoms with Gasteiger partial charge in [0.25, 0.3) is 10.0 Å². The second kappa shape index (κ2) is 14.4. The van der Waals surface area contributed by atoms with E-state index in [0.29, 0.717) is 34.3 Å². The van der Waals surface area contributed by atoms with Crippen molar-refractivity contribution < 1.29 is 18.0 Å². The number of amides is 2. The van der Waals surface area contributed by atoms with E-state index in [1.54, 1.807) is 49.4 Å². The number of halogens is 2. The lowest BCUT2D eigenvalue weighted by atomic mass is 10.1. The predicted molar refractivity (Wildman–Crippen MR) is 171 cm³/mol. The van der Waals surface area contributed by atoms with E-state index >= 15 is 0 Å². The highest BCUT2D eigenvalue weighted by Crippen LogP contribution is 2.29. The molecule has 3 rings (SSSR count). The van der Waals surface area contributed by atoms with E-state index in [4.69, 9.17) is 23.2 Å². The largest absolute Gasteiger partial charge is 0.354 e. The Balaban J connectivity index is 2.12. The molecule has 2 amide bonds. The summed E-state index contributed by atoms with van der Waals surface area (Å²) in [7, 11) is -4.16. The smallest absolute Gasteiger partial charge is 0.264 e. The molecule has 0 fully saturated rings. The Morgan fingerprint density at radius 2 is 1.45 bits per heavy atom. The Morgan fingerprint density at radius 3 is 1.98 bits per heavy atom. The summed E-state index contributed by atoms with van der Waals surface area (Å²) in [5.74, 6) is -0.692. The minimum absolute atomic E-state index is 0.0578. The molecule has 0 aliphatic rings. The molecule has 0 heterocycles. The predicted octanol–water partition coefficient (Wildman–Crippen LogP) is 6.69. The van der Waals surface area contributed by atoms with E-state index in [2.05, 4.69) is 5.32 Å². The third-order valence-corrected chi connectivity index (χ3v) is 9.34. The molecule has 10 heteroatoms. The molecule has 0 spiro atoms. The zero-order chi connectivity index (χ0) is 31.2. The molecule has 1 N–H and O–H groups in total. The first kappa shape index (κ1) is 33.4. The summed E-state index contributed by atoms with van der Waals surface area (Å²) in [6, 6.07) is 16.0. The fourth-order valence-electron chi connectivity index (χ4n) is 4.66. The van der Waals surface area contributed by atoms with Crippen molar-refractivity contribution in [2.24, 2.45) is 5.92 Å². The van der Waals surface area contributed by atoms with Gasteiger partial charge in [0.05, 0.1) is 10.6 Å². The zero-order valence-corrected chi connectivity index (χ0v) is 27.3. The molecule has 3 aromatic carbocycles. The molecule has 0 saturated heterocycles. The maximum Gasteiger partial charge on any atom is 0.264 e. The first-order valence-electron chi connectivity index (χ1n) is 13.9. The van der Waals surface area contributed by atoms with Crippen molar-refractivity contribution in [1.82, 2.24) is 10.2 Å². The average Bonchev–Trinajstić information content (AvgIpc) is 2.91. The normalized spacial score (nSPS) is 12.2. The third-order valence-electron chi connectivity index (χ3n) is 6.84. The Labute approximate surface area is 259 Å². The number of nitrogens with one attached hydrogen (secondary N) is 1. The van der Waals surface area contributed by atoms with E-state index in [-0.39, 0.29) is 23.3 Å². The molecular formula is C32H39Cl2N3O4S. The zero-order valence-electron chi connectivity index (χ0n) is 24.9. The minimum Gasteiger partial charge on any atom is -0.354 e. The number of sulfonamides is 1. The molecule has 1 atom stereocenters. The molecule has 0 saturated carbocycles. The number of carbonyl (C=O) groups excluding carboxylic acids is 2. The van der Waals surface area contributed by atoms with Crippen LogP contribution in [0.1, 0.15) is 49.4 Å². The summed E-state index contributed by atoms with van der Waals surface area (Å²) in [5.41, 5.74) is 3.43. The summed E-state index contributed by atoms with van der Waals surface area (Å²) in [6.07, 6.45) is 0.298. The van der Waals surface area contributed by atoms with Crippen molar-refractivity contribution in [3.05, 3.63) is 93.0 Å². The lowest BCUT2D eigenvalue weighted by molar-refractivity contribution is -0.140. The fourth-order valence-corrected chi connectivity index (χ4v) is 6.57. The van der Waals surface area contributed by atoms with Crippen molar-refractivity contribution in [2.45, 2.75) is 65.4 Å². The second-order valence-corrected chi connectivity index (χ2v) is 13.6. The van der Waals surface area contributed by atoms with Gasteiger partial charge in [-0.3, -0.25) is 13.9 Å². The number of nitrogens with zero attached hydrogens (tertiary/aromatic N) is 2. The molecule has 226 valence electrons. The summed E-state index contributed by atoms with van der Waals surface area (Å²) in [5, 5.41) is 3.60. The summed E-state index contributed by atoms with van der Waals surface area (Å²) in [6.45, 7) is 11.2. The van der Waals surface area contributed by atoms with Gasteiger partial charge in [0, 0.05) is 28.7 Å². The maximum atomic E-state index is 14.3. The molecule has 0 radical (unpaired) electrons. The van der Waals surface area contributed by atoms with E-state index in [0.717, 1.165) is 21.0 Å². The molecule has 7 nitrogen and oxygen atoms in total. The van der Waals surface area contributed by atoms with Crippen LogP contribution in [0.15, 0.2) is 65.6 Å². The monoisotopic (exact) mass is 631 g/mol. The van der Waals surface area contributed by atoms with Gasteiger partial charge in [-0.25, -0.2) is 8.42 Å². The van der Waals surface area contributed by atoms with E-state index in [9.17, 15) is 18.0 Å². The standard InChI is InChI=1S/C32H39Cl2N3O4S/c1-7-30(32(39)35-18-21(2)3)36(19-27-28(33)9-8-10-29(27)34)31(38)20-37(25-16-23(5)15-24(6)17-25)42(40,41)26-13-11-22(4)12-14-26/h8-17,21,30H,7,18-20H2,1-6H3,(H,35,39)/t30-/m0/s1. The number of carbonyl (C=O) groups is 2. The molecule has 0 aliphatic heterocycles. The quantitative estimate of drug-likeness (QED) is 0.241. The van der Waals surface area contributed by atoms with Gasteiger partial charge in [0.2, 0.25) is 11.8 Å². The molecule has 42 heavy (non-hydrogen) atoms. The number of hydrogen-bond donors (Lipinski definition) is 1. The van der Waals surface area contributed by atoms with Crippen LogP contribution in [0, 0.1) is 26.7 Å². The van der Waals surface area contributed by atoms with Crippen molar-refractivity contribution in [3.8, 4) is 0 Å². The molecule has 3 aromatic rings. The number of hydrogen-bond acceptors (Lipinski definition) is 4. The van der Waals surface area contributed by atoms with Crippen LogP contribution in [0.2, 0.25) is 10.0 Å². The van der Waals surface area contributed by atoms with Crippen molar-refractivity contribution in [2.75, 3.05) is 17.4 Å². The van der Waals surface area contributed by atoms with Gasteiger partial charge in [-0.05, 0) is 80.6 Å². The van der Waals surface area contributed by atoms with Gasteiger partial charge in [-0.1, -0.05) is 73.8 Å². The van der Waals surface area contributed by atoms with Crippen LogP contribution in [0.4, 0.5) is 5.69 Å². The fraction of sp³-hybridized carbons (Fsp3) is 0.375. The SMILES string of the molecule is CC[C@@H](C(=O)NCC(C)C)N(Cc1c(Cl)cccc1Cl)C(=O)CN(c1cc(C)cc(C)c1)S(=O)(=O)c1ccc(C)cc1. The summed E-state index contributed by atoms with van der Waals surface area (Å²) in [4.78, 5) is 29.1. The van der Waals surface area contributed by atoms with Crippen LogP contribution in [0.3, 0.4) is 0 Å². The highest BCUT2D eigenvalue weighted by Gasteiger charge is 2.34. The number of anilines is 1. The lowest BCUT2D eigenvalue weighted by Gasteiger charge is -2.34. The van der Waals surface area contributed by atoms with Gasteiger partial charge in [0.15, 0.2) is 0 Å². The van der Waals surface area contributed by atoms with Crippen LogP contribution in [-0.2, 0) is 26.2 Å². The van der Waals surface area contributed by atoms with Crippen LogP contribution in [0.5, 0.6) is 0 Å². The summed E-state index contributed by atoms with van der Waals surface area (Å²) < 4.78 is 29.3. The van der Waals surface area contributed by atoms with E-state index in [1.807, 2.05) is 40.7 Å². The van der Waals surface area contributed by atoms with Crippen LogP contribution < -0.4 is 9.62 Å². The number of benzene rings is 3. The lowest BCUT2D eigenvalue weighted by Crippen LogP contribution is -2.52. The molecule has 0 bridgehead atoms. The Morgan fingerprint density at radius 1 is 0.881 bits per heavy atom. The minimum atomic E-state index is -4.16. The molecule has 0 aromatic heterocycles.